The Hall–Kier alpha value is -1.63. The molecule has 0 saturated heterocycles. The van der Waals surface area contributed by atoms with Crippen LogP contribution in [0.3, 0.4) is 0 Å². The molecule has 0 aliphatic carbocycles. The van der Waals surface area contributed by atoms with Crippen LogP contribution in [0.4, 0.5) is 5.69 Å². The largest absolute Gasteiger partial charge is 0.389 e. The minimum absolute atomic E-state index is 0. The molecule has 2 rings (SSSR count). The Morgan fingerprint density at radius 3 is 2.50 bits per heavy atom. The van der Waals surface area contributed by atoms with Gasteiger partial charge in [0.1, 0.15) is 6.10 Å². The maximum Gasteiger partial charge on any atom is 0.191 e. The number of ether oxygens (including phenoxy) is 1. The van der Waals surface area contributed by atoms with E-state index < -0.39 is 12.2 Å². The van der Waals surface area contributed by atoms with Crippen LogP contribution in [0.5, 0.6) is 0 Å². The number of anilines is 1. The number of carbonyl (C=O) groups is 1. The van der Waals surface area contributed by atoms with Crippen LogP contribution in [-0.2, 0) is 11.2 Å². The summed E-state index contributed by atoms with van der Waals surface area (Å²) in [5.74, 6) is -0.105. The summed E-state index contributed by atoms with van der Waals surface area (Å²) in [4.78, 5) is 15.0. The van der Waals surface area contributed by atoms with Crippen LogP contribution in [0.25, 0.3) is 0 Å². The van der Waals surface area contributed by atoms with Crippen molar-refractivity contribution in [3.05, 3.63) is 64.7 Å². The van der Waals surface area contributed by atoms with Crippen LogP contribution < -0.4 is 10.2 Å². The number of carbonyl (C=O) groups excluding carboxylic acids is 1. The second kappa shape index (κ2) is 13.6. The first-order valence-corrected chi connectivity index (χ1v) is 10.4. The van der Waals surface area contributed by atoms with E-state index in [2.05, 4.69) is 12.2 Å². The molecule has 0 bridgehead atoms. The van der Waals surface area contributed by atoms with Crippen molar-refractivity contribution in [2.24, 2.45) is 0 Å². The molecule has 166 valence electrons. The van der Waals surface area contributed by atoms with Crippen molar-refractivity contribution < 1.29 is 14.6 Å². The number of nitrogens with zero attached hydrogens (tertiary/aromatic N) is 1. The van der Waals surface area contributed by atoms with E-state index in [0.717, 1.165) is 24.2 Å². The van der Waals surface area contributed by atoms with Crippen molar-refractivity contribution >= 4 is 35.5 Å². The number of Topliss-reactive ketones (excluding diaryl/α,β-unsaturated/α-hetero) is 1. The third-order valence-electron chi connectivity index (χ3n) is 4.56. The van der Waals surface area contributed by atoms with Crippen molar-refractivity contribution in [1.82, 2.24) is 5.32 Å². The average molecular weight is 455 g/mol. The normalized spacial score (nSPS) is 12.7. The Bertz CT molecular complexity index is 772. The maximum absolute atomic E-state index is 13.0. The number of hydrogen-bond acceptors (Lipinski definition) is 5. The summed E-state index contributed by atoms with van der Waals surface area (Å²) in [7, 11) is 3.86. The summed E-state index contributed by atoms with van der Waals surface area (Å²) in [5.41, 5.74) is 2.42. The third-order valence-corrected chi connectivity index (χ3v) is 4.87. The monoisotopic (exact) mass is 454 g/mol. The zero-order valence-corrected chi connectivity index (χ0v) is 19.4. The van der Waals surface area contributed by atoms with Gasteiger partial charge in [0.2, 0.25) is 0 Å². The summed E-state index contributed by atoms with van der Waals surface area (Å²) >= 11 is 6.39. The Kier molecular flexibility index (Phi) is 12.0. The van der Waals surface area contributed by atoms with Gasteiger partial charge >= 0.3 is 0 Å². The summed E-state index contributed by atoms with van der Waals surface area (Å²) < 4.78 is 5.88. The Morgan fingerprint density at radius 2 is 1.90 bits per heavy atom. The van der Waals surface area contributed by atoms with Crippen LogP contribution in [-0.4, -0.2) is 56.9 Å². The summed E-state index contributed by atoms with van der Waals surface area (Å²) in [6.07, 6.45) is 0.00896. The average Bonchev–Trinajstić information content (AvgIpc) is 2.71. The lowest BCUT2D eigenvalue weighted by Gasteiger charge is -2.21. The number of aliphatic hydroxyl groups is 1. The van der Waals surface area contributed by atoms with Gasteiger partial charge in [0.25, 0.3) is 0 Å². The van der Waals surface area contributed by atoms with Gasteiger partial charge in [-0.15, -0.1) is 12.4 Å². The van der Waals surface area contributed by atoms with E-state index in [1.807, 2.05) is 55.4 Å². The van der Waals surface area contributed by atoms with Crippen molar-refractivity contribution in [2.45, 2.75) is 32.0 Å². The maximum atomic E-state index is 13.0. The molecule has 0 saturated carbocycles. The summed E-state index contributed by atoms with van der Waals surface area (Å²) in [6, 6.07) is 14.8. The molecular weight excluding hydrogens is 423 g/mol. The molecule has 7 heteroatoms. The zero-order valence-electron chi connectivity index (χ0n) is 17.8. The number of rotatable bonds is 12. The molecule has 0 radical (unpaired) electrons. The molecule has 0 heterocycles. The minimum Gasteiger partial charge on any atom is -0.389 e. The van der Waals surface area contributed by atoms with Crippen molar-refractivity contribution in [1.29, 1.82) is 0 Å². The van der Waals surface area contributed by atoms with E-state index >= 15 is 0 Å². The number of benzene rings is 2. The molecule has 2 aromatic carbocycles. The van der Waals surface area contributed by atoms with Crippen molar-refractivity contribution in [3.63, 3.8) is 0 Å². The second-order valence-corrected chi connectivity index (χ2v) is 7.70. The first-order chi connectivity index (χ1) is 13.9. The molecule has 0 aromatic heterocycles. The zero-order chi connectivity index (χ0) is 21.2. The van der Waals surface area contributed by atoms with Gasteiger partial charge in [0.15, 0.2) is 5.78 Å². The molecule has 2 aromatic rings. The quantitative estimate of drug-likeness (QED) is 0.374. The van der Waals surface area contributed by atoms with Crippen molar-refractivity contribution in [3.8, 4) is 0 Å². The lowest BCUT2D eigenvalue weighted by atomic mass is 9.99. The Balaban J connectivity index is 0.00000450. The van der Waals surface area contributed by atoms with Gasteiger partial charge in [-0.3, -0.25) is 4.79 Å². The fourth-order valence-corrected chi connectivity index (χ4v) is 3.37. The molecule has 2 atom stereocenters. The molecule has 2 unspecified atom stereocenters. The van der Waals surface area contributed by atoms with Crippen LogP contribution >= 0.6 is 24.0 Å². The molecule has 2 N–H and O–H groups in total. The highest BCUT2D eigenvalue weighted by Gasteiger charge is 2.23. The van der Waals surface area contributed by atoms with Crippen molar-refractivity contribution in [2.75, 3.05) is 38.7 Å². The smallest absolute Gasteiger partial charge is 0.191 e. The number of aliphatic hydroxyl groups excluding tert-OH is 1. The molecular formula is C23H32Cl2N2O3. The van der Waals surface area contributed by atoms with Gasteiger partial charge in [-0.25, -0.2) is 0 Å². The fourth-order valence-electron chi connectivity index (χ4n) is 3.00. The van der Waals surface area contributed by atoms with E-state index in [1.165, 1.54) is 0 Å². The predicted molar refractivity (Wildman–Crippen MR) is 126 cm³/mol. The lowest BCUT2D eigenvalue weighted by Crippen LogP contribution is -2.35. The predicted octanol–water partition coefficient (Wildman–Crippen LogP) is 4.00. The summed E-state index contributed by atoms with van der Waals surface area (Å²) in [6.45, 7) is 3.42. The van der Waals surface area contributed by atoms with Crippen LogP contribution in [0, 0.1) is 0 Å². The Labute approximate surface area is 190 Å². The van der Waals surface area contributed by atoms with E-state index in [4.69, 9.17) is 16.3 Å². The second-order valence-electron chi connectivity index (χ2n) is 7.29. The number of halogens is 2. The number of ketones is 1. The van der Waals surface area contributed by atoms with Gasteiger partial charge in [0, 0.05) is 32.6 Å². The van der Waals surface area contributed by atoms with Crippen LogP contribution in [0.2, 0.25) is 5.02 Å². The first-order valence-electron chi connectivity index (χ1n) is 9.97. The third kappa shape index (κ3) is 8.25. The lowest BCUT2D eigenvalue weighted by molar-refractivity contribution is -0.00162. The van der Waals surface area contributed by atoms with E-state index in [0.29, 0.717) is 23.6 Å². The van der Waals surface area contributed by atoms with E-state index in [-0.39, 0.29) is 24.8 Å². The Morgan fingerprint density at radius 1 is 1.20 bits per heavy atom. The van der Waals surface area contributed by atoms with Crippen LogP contribution in [0.1, 0.15) is 29.3 Å². The molecule has 0 spiro atoms. The SMILES string of the molecule is CCCNCC(O)COC(Cc1ccc(N(C)C)c(Cl)c1)C(=O)c1ccccc1.Cl. The van der Waals surface area contributed by atoms with E-state index in [1.54, 1.807) is 12.1 Å². The van der Waals surface area contributed by atoms with E-state index in [9.17, 15) is 9.90 Å². The summed E-state index contributed by atoms with van der Waals surface area (Å²) in [5, 5.41) is 13.9. The molecule has 0 fully saturated rings. The highest BCUT2D eigenvalue weighted by molar-refractivity contribution is 6.33. The minimum atomic E-state index is -0.695. The molecule has 0 aliphatic heterocycles. The van der Waals surface area contributed by atoms with Gasteiger partial charge in [-0.05, 0) is 30.7 Å². The van der Waals surface area contributed by atoms with Gasteiger partial charge in [-0.1, -0.05) is 54.9 Å². The highest BCUT2D eigenvalue weighted by atomic mass is 35.5. The van der Waals surface area contributed by atoms with Gasteiger partial charge in [0.05, 0.1) is 23.4 Å². The number of hydrogen-bond donors (Lipinski definition) is 2. The number of nitrogens with one attached hydrogen (secondary N) is 1. The fraction of sp³-hybridized carbons (Fsp3) is 0.435. The molecule has 5 nitrogen and oxygen atoms in total. The van der Waals surface area contributed by atoms with Crippen LogP contribution in [0.15, 0.2) is 48.5 Å². The molecule has 0 amide bonds. The molecule has 0 aliphatic rings. The van der Waals surface area contributed by atoms with Gasteiger partial charge < -0.3 is 20.1 Å². The van der Waals surface area contributed by atoms with Gasteiger partial charge in [-0.2, -0.15) is 0 Å². The standard InChI is InChI=1S/C23H31ClN2O3.ClH/c1-4-12-25-15-19(27)16-29-22(23(28)18-8-6-5-7-9-18)14-17-10-11-21(26(2)3)20(24)13-17;/h5-11,13,19,22,25,27H,4,12,14-16H2,1-3H3;1H. The highest BCUT2D eigenvalue weighted by Crippen LogP contribution is 2.26. The first kappa shape index (κ1) is 26.4. The molecule has 30 heavy (non-hydrogen) atoms. The topological polar surface area (TPSA) is 61.8 Å².